The Bertz CT molecular complexity index is 579. The zero-order valence-corrected chi connectivity index (χ0v) is 11.3. The van der Waals surface area contributed by atoms with E-state index < -0.39 is 11.0 Å². The van der Waals surface area contributed by atoms with Crippen molar-refractivity contribution in [2.24, 2.45) is 0 Å². The number of benzene rings is 2. The normalized spacial score (nSPS) is 12.1. The van der Waals surface area contributed by atoms with Crippen LogP contribution in [0.3, 0.4) is 0 Å². The van der Waals surface area contributed by atoms with Crippen LogP contribution in [0.4, 0.5) is 11.4 Å². The fraction of sp³-hybridized carbons (Fsp3) is 0.143. The van der Waals surface area contributed by atoms with E-state index in [1.807, 2.05) is 32.0 Å². The van der Waals surface area contributed by atoms with Crippen molar-refractivity contribution in [1.82, 2.24) is 0 Å². The van der Waals surface area contributed by atoms with Gasteiger partial charge in [-0.1, -0.05) is 12.1 Å². The van der Waals surface area contributed by atoms with Gasteiger partial charge in [-0.25, -0.2) is 4.21 Å². The van der Waals surface area contributed by atoms with Gasteiger partial charge in [0.2, 0.25) is 0 Å². The van der Waals surface area contributed by atoms with Crippen molar-refractivity contribution in [2.45, 2.75) is 18.7 Å². The molecule has 4 heteroatoms. The number of nitrogens with one attached hydrogen (secondary N) is 1. The number of hydrogen-bond acceptors (Lipinski definition) is 2. The van der Waals surface area contributed by atoms with Crippen LogP contribution in [0.1, 0.15) is 11.1 Å². The van der Waals surface area contributed by atoms with E-state index in [-0.39, 0.29) is 0 Å². The van der Waals surface area contributed by atoms with Crippen molar-refractivity contribution in [2.75, 3.05) is 10.5 Å². The van der Waals surface area contributed by atoms with Crippen LogP contribution in [0.25, 0.3) is 0 Å². The van der Waals surface area contributed by atoms with Gasteiger partial charge in [-0.15, -0.1) is 0 Å². The van der Waals surface area contributed by atoms with Crippen molar-refractivity contribution in [1.29, 1.82) is 0 Å². The van der Waals surface area contributed by atoms with Crippen molar-refractivity contribution in [3.8, 4) is 0 Å². The standard InChI is InChI=1S/C14H16N2OS/c1-10-4-3-5-14(11(10)2)16-18(17)13-8-6-12(15)7-9-13/h3-9,16H,15H2,1-2H3. The molecule has 0 saturated heterocycles. The van der Waals surface area contributed by atoms with E-state index in [1.165, 1.54) is 5.56 Å². The lowest BCUT2D eigenvalue weighted by atomic mass is 10.1. The third-order valence-electron chi connectivity index (χ3n) is 2.90. The maximum absolute atomic E-state index is 12.1. The third kappa shape index (κ3) is 2.71. The van der Waals surface area contributed by atoms with Gasteiger partial charge in [-0.2, -0.15) is 0 Å². The molecule has 0 fully saturated rings. The predicted molar refractivity (Wildman–Crippen MR) is 76.8 cm³/mol. The van der Waals surface area contributed by atoms with Crippen molar-refractivity contribution < 1.29 is 4.21 Å². The van der Waals surface area contributed by atoms with Gasteiger partial charge >= 0.3 is 0 Å². The summed E-state index contributed by atoms with van der Waals surface area (Å²) in [7, 11) is -1.27. The average molecular weight is 260 g/mol. The molecule has 2 aromatic carbocycles. The molecule has 0 amide bonds. The summed E-state index contributed by atoms with van der Waals surface area (Å²) in [5.74, 6) is 0. The lowest BCUT2D eigenvalue weighted by Crippen LogP contribution is -2.06. The Kier molecular flexibility index (Phi) is 3.67. The summed E-state index contributed by atoms with van der Waals surface area (Å²) in [6, 6.07) is 12.9. The van der Waals surface area contributed by atoms with E-state index in [0.29, 0.717) is 10.6 Å². The van der Waals surface area contributed by atoms with Gasteiger partial charge < -0.3 is 10.5 Å². The molecule has 0 aliphatic heterocycles. The minimum atomic E-state index is -1.27. The first-order valence-corrected chi connectivity index (χ1v) is 6.83. The minimum Gasteiger partial charge on any atom is -0.399 e. The molecular formula is C14H16N2OS. The topological polar surface area (TPSA) is 55.1 Å². The molecule has 0 spiro atoms. The second-order valence-electron chi connectivity index (χ2n) is 4.19. The second-order valence-corrected chi connectivity index (χ2v) is 5.40. The van der Waals surface area contributed by atoms with Gasteiger partial charge in [-0.3, -0.25) is 0 Å². The molecule has 2 aromatic rings. The van der Waals surface area contributed by atoms with Gasteiger partial charge in [0.15, 0.2) is 0 Å². The molecule has 0 aliphatic carbocycles. The summed E-state index contributed by atoms with van der Waals surface area (Å²) < 4.78 is 15.2. The van der Waals surface area contributed by atoms with E-state index in [9.17, 15) is 4.21 Å². The second kappa shape index (κ2) is 5.23. The van der Waals surface area contributed by atoms with Crippen LogP contribution in [-0.2, 0) is 11.0 Å². The summed E-state index contributed by atoms with van der Waals surface area (Å²) in [5.41, 5.74) is 9.45. The molecule has 0 aromatic heterocycles. The quantitative estimate of drug-likeness (QED) is 0.833. The molecule has 3 nitrogen and oxygen atoms in total. The van der Waals surface area contributed by atoms with Crippen LogP contribution in [0.15, 0.2) is 47.4 Å². The fourth-order valence-electron chi connectivity index (χ4n) is 1.61. The molecule has 3 N–H and O–H groups in total. The molecule has 18 heavy (non-hydrogen) atoms. The van der Waals surface area contributed by atoms with Crippen molar-refractivity contribution >= 4 is 22.4 Å². The first-order chi connectivity index (χ1) is 8.58. The van der Waals surface area contributed by atoms with E-state index >= 15 is 0 Å². The molecule has 0 heterocycles. The highest BCUT2D eigenvalue weighted by molar-refractivity contribution is 7.86. The van der Waals surface area contributed by atoms with Crippen LogP contribution in [0, 0.1) is 13.8 Å². The number of hydrogen-bond donors (Lipinski definition) is 2. The third-order valence-corrected chi connectivity index (χ3v) is 4.01. The number of nitrogen functional groups attached to an aromatic ring is 1. The molecule has 0 bridgehead atoms. The van der Waals surface area contributed by atoms with Crippen molar-refractivity contribution in [3.63, 3.8) is 0 Å². The number of nitrogens with two attached hydrogens (primary N) is 1. The molecule has 0 saturated carbocycles. The Labute approximate surface area is 110 Å². The highest BCUT2D eigenvalue weighted by Gasteiger charge is 2.06. The Balaban J connectivity index is 2.21. The van der Waals surface area contributed by atoms with Gasteiger partial charge in [0, 0.05) is 11.4 Å². The average Bonchev–Trinajstić information content (AvgIpc) is 2.36. The zero-order valence-electron chi connectivity index (χ0n) is 10.4. The molecule has 0 aliphatic rings. The van der Waals surface area contributed by atoms with Gasteiger partial charge in [0.05, 0.1) is 4.90 Å². The maximum atomic E-state index is 12.1. The monoisotopic (exact) mass is 260 g/mol. The van der Waals surface area contributed by atoms with Gasteiger partial charge in [0.1, 0.15) is 11.0 Å². The largest absolute Gasteiger partial charge is 0.399 e. The first kappa shape index (κ1) is 12.6. The van der Waals surface area contributed by atoms with Gasteiger partial charge in [0.25, 0.3) is 0 Å². The lowest BCUT2D eigenvalue weighted by Gasteiger charge is -2.10. The lowest BCUT2D eigenvalue weighted by molar-refractivity contribution is 0.686. The van der Waals surface area contributed by atoms with Crippen molar-refractivity contribution in [3.05, 3.63) is 53.6 Å². The summed E-state index contributed by atoms with van der Waals surface area (Å²) in [5, 5.41) is 0. The molecule has 0 radical (unpaired) electrons. The van der Waals surface area contributed by atoms with E-state index in [0.717, 1.165) is 11.3 Å². The molecule has 1 atom stereocenters. The number of anilines is 2. The molecule has 1 unspecified atom stereocenters. The Hall–Kier alpha value is -1.81. The number of aryl methyl sites for hydroxylation is 1. The van der Waals surface area contributed by atoms with Crippen LogP contribution in [-0.4, -0.2) is 4.21 Å². The van der Waals surface area contributed by atoms with Crippen LogP contribution in [0.5, 0.6) is 0 Å². The highest BCUT2D eigenvalue weighted by atomic mass is 32.2. The van der Waals surface area contributed by atoms with E-state index in [1.54, 1.807) is 24.3 Å². The predicted octanol–water partition coefficient (Wildman–Crippen LogP) is 3.02. The Morgan fingerprint density at radius 2 is 1.72 bits per heavy atom. The summed E-state index contributed by atoms with van der Waals surface area (Å²) in [6.07, 6.45) is 0. The van der Waals surface area contributed by atoms with E-state index in [2.05, 4.69) is 4.72 Å². The summed E-state index contributed by atoms with van der Waals surface area (Å²) >= 11 is 0. The molecule has 94 valence electrons. The summed E-state index contributed by atoms with van der Waals surface area (Å²) in [4.78, 5) is 0.713. The SMILES string of the molecule is Cc1cccc(NS(=O)c2ccc(N)cc2)c1C. The Morgan fingerprint density at radius 1 is 1.06 bits per heavy atom. The van der Waals surface area contributed by atoms with E-state index in [4.69, 9.17) is 5.73 Å². The Morgan fingerprint density at radius 3 is 2.39 bits per heavy atom. The van der Waals surface area contributed by atoms with Gasteiger partial charge in [-0.05, 0) is 55.3 Å². The van der Waals surface area contributed by atoms with Crippen LogP contribution >= 0.6 is 0 Å². The zero-order chi connectivity index (χ0) is 13.1. The summed E-state index contributed by atoms with van der Waals surface area (Å²) in [6.45, 7) is 4.05. The highest BCUT2D eigenvalue weighted by Crippen LogP contribution is 2.20. The number of rotatable bonds is 3. The van der Waals surface area contributed by atoms with Crippen LogP contribution in [0.2, 0.25) is 0 Å². The minimum absolute atomic E-state index is 0.669. The van der Waals surface area contributed by atoms with Crippen LogP contribution < -0.4 is 10.5 Å². The fourth-order valence-corrected chi connectivity index (χ4v) is 2.53. The molecule has 2 rings (SSSR count). The first-order valence-electron chi connectivity index (χ1n) is 5.68. The maximum Gasteiger partial charge on any atom is 0.150 e. The smallest absolute Gasteiger partial charge is 0.150 e. The molecular weight excluding hydrogens is 244 g/mol.